The zero-order valence-corrected chi connectivity index (χ0v) is 14.4. The zero-order chi connectivity index (χ0) is 15.2. The second kappa shape index (κ2) is 8.35. The van der Waals surface area contributed by atoms with Crippen LogP contribution in [-0.2, 0) is 10.0 Å². The molecule has 120 valence electrons. The minimum Gasteiger partial charge on any atom is -0.314 e. The van der Waals surface area contributed by atoms with Gasteiger partial charge < -0.3 is 5.32 Å². The summed E-state index contributed by atoms with van der Waals surface area (Å²) in [6.07, 6.45) is 7.06. The molecule has 5 heteroatoms. The van der Waals surface area contributed by atoms with Crippen LogP contribution in [0.2, 0.25) is 0 Å². The molecule has 4 nitrogen and oxygen atoms in total. The molecule has 1 aliphatic heterocycles. The quantitative estimate of drug-likeness (QED) is 0.749. The average molecular weight is 305 g/mol. The Labute approximate surface area is 125 Å². The lowest BCUT2D eigenvalue weighted by Crippen LogP contribution is -2.39. The van der Waals surface area contributed by atoms with E-state index in [1.165, 1.54) is 25.5 Å². The van der Waals surface area contributed by atoms with Crippen LogP contribution in [0.3, 0.4) is 0 Å². The largest absolute Gasteiger partial charge is 0.314 e. The van der Waals surface area contributed by atoms with E-state index in [0.717, 1.165) is 25.9 Å². The molecule has 1 N–H and O–H groups in total. The van der Waals surface area contributed by atoms with Gasteiger partial charge in [0.15, 0.2) is 0 Å². The summed E-state index contributed by atoms with van der Waals surface area (Å²) < 4.78 is 24.9. The van der Waals surface area contributed by atoms with Gasteiger partial charge in [-0.05, 0) is 44.1 Å². The summed E-state index contributed by atoms with van der Waals surface area (Å²) in [6, 6.07) is 0.592. The van der Waals surface area contributed by atoms with Crippen LogP contribution in [0.5, 0.6) is 0 Å². The van der Waals surface area contributed by atoms with Gasteiger partial charge in [0, 0.05) is 19.1 Å². The molecule has 2 unspecified atom stereocenters. The Bertz CT molecular complexity index is 368. The van der Waals surface area contributed by atoms with Gasteiger partial charge in [0.2, 0.25) is 10.0 Å². The number of nitrogens with zero attached hydrogens (tertiary/aromatic N) is 1. The number of hydrogen-bond acceptors (Lipinski definition) is 3. The van der Waals surface area contributed by atoms with Crippen molar-refractivity contribution in [2.45, 2.75) is 58.9 Å². The van der Waals surface area contributed by atoms with Crippen LogP contribution in [0.1, 0.15) is 52.9 Å². The van der Waals surface area contributed by atoms with E-state index in [9.17, 15) is 8.42 Å². The molecule has 0 amide bonds. The van der Waals surface area contributed by atoms with E-state index in [0.29, 0.717) is 24.4 Å². The van der Waals surface area contributed by atoms with Crippen LogP contribution < -0.4 is 5.32 Å². The highest BCUT2D eigenvalue weighted by Gasteiger charge is 2.25. The van der Waals surface area contributed by atoms with Crippen LogP contribution in [-0.4, -0.2) is 44.7 Å². The van der Waals surface area contributed by atoms with E-state index in [2.05, 4.69) is 26.1 Å². The predicted octanol–water partition coefficient (Wildman–Crippen LogP) is 2.46. The molecule has 1 aliphatic rings. The van der Waals surface area contributed by atoms with Gasteiger partial charge in [0.25, 0.3) is 0 Å². The third kappa shape index (κ3) is 6.10. The first-order chi connectivity index (χ1) is 9.34. The summed E-state index contributed by atoms with van der Waals surface area (Å²) in [5.41, 5.74) is 0. The van der Waals surface area contributed by atoms with Crippen molar-refractivity contribution in [2.24, 2.45) is 11.8 Å². The highest BCUT2D eigenvalue weighted by Crippen LogP contribution is 2.24. The summed E-state index contributed by atoms with van der Waals surface area (Å²) in [7, 11) is -3.00. The van der Waals surface area contributed by atoms with Gasteiger partial charge in [0.1, 0.15) is 0 Å². The fourth-order valence-corrected chi connectivity index (χ4v) is 4.07. The predicted molar refractivity (Wildman–Crippen MR) is 85.3 cm³/mol. The molecule has 0 aromatic carbocycles. The molecule has 0 aromatic heterocycles. The second-order valence-electron chi connectivity index (χ2n) is 6.47. The summed E-state index contributed by atoms with van der Waals surface area (Å²) in [6.45, 7) is 9.14. The zero-order valence-electron chi connectivity index (χ0n) is 13.6. The first kappa shape index (κ1) is 17.9. The van der Waals surface area contributed by atoms with Crippen LogP contribution in [0.25, 0.3) is 0 Å². The highest BCUT2D eigenvalue weighted by atomic mass is 32.2. The Morgan fingerprint density at radius 3 is 2.60 bits per heavy atom. The van der Waals surface area contributed by atoms with E-state index >= 15 is 0 Å². The maximum absolute atomic E-state index is 11.6. The minimum atomic E-state index is -3.00. The first-order valence-electron chi connectivity index (χ1n) is 8.03. The minimum absolute atomic E-state index is 0.549. The molecule has 1 saturated heterocycles. The lowest BCUT2D eigenvalue weighted by molar-refractivity contribution is 0.247. The average Bonchev–Trinajstić information content (AvgIpc) is 2.37. The van der Waals surface area contributed by atoms with Gasteiger partial charge in [0.05, 0.1) is 6.26 Å². The lowest BCUT2D eigenvalue weighted by atomic mass is 9.91. The number of piperidine rings is 1. The fourth-order valence-electron chi connectivity index (χ4n) is 3.12. The third-order valence-corrected chi connectivity index (χ3v) is 5.62. The molecule has 1 rings (SSSR count). The van der Waals surface area contributed by atoms with Gasteiger partial charge in [-0.15, -0.1) is 0 Å². The Morgan fingerprint density at radius 1 is 1.35 bits per heavy atom. The van der Waals surface area contributed by atoms with Gasteiger partial charge in [-0.25, -0.2) is 12.7 Å². The van der Waals surface area contributed by atoms with Crippen molar-refractivity contribution >= 4 is 10.0 Å². The number of rotatable bonds is 8. The smallest absolute Gasteiger partial charge is 0.211 e. The summed E-state index contributed by atoms with van der Waals surface area (Å²) in [4.78, 5) is 0. The van der Waals surface area contributed by atoms with E-state index < -0.39 is 10.0 Å². The standard InChI is InChI=1S/C15H32N2O2S/c1-5-16-15(13(2)3)10-6-8-14-9-7-11-17(12-14)20(4,18)19/h13-16H,5-12H2,1-4H3. The summed E-state index contributed by atoms with van der Waals surface area (Å²) in [5, 5.41) is 3.55. The molecule has 1 heterocycles. The van der Waals surface area contributed by atoms with Crippen molar-refractivity contribution in [1.29, 1.82) is 0 Å². The SMILES string of the molecule is CCNC(CCCC1CCCN(S(C)(=O)=O)C1)C(C)C. The maximum Gasteiger partial charge on any atom is 0.211 e. The highest BCUT2D eigenvalue weighted by molar-refractivity contribution is 7.88. The van der Waals surface area contributed by atoms with E-state index in [1.807, 2.05) is 0 Å². The lowest BCUT2D eigenvalue weighted by Gasteiger charge is -2.31. The second-order valence-corrected chi connectivity index (χ2v) is 8.45. The van der Waals surface area contributed by atoms with Crippen LogP contribution >= 0.6 is 0 Å². The summed E-state index contributed by atoms with van der Waals surface area (Å²) >= 11 is 0. The number of sulfonamides is 1. The van der Waals surface area contributed by atoms with E-state index in [4.69, 9.17) is 0 Å². The van der Waals surface area contributed by atoms with Crippen molar-refractivity contribution in [1.82, 2.24) is 9.62 Å². The molecule has 20 heavy (non-hydrogen) atoms. The Morgan fingerprint density at radius 2 is 2.05 bits per heavy atom. The molecule has 0 radical (unpaired) electrons. The van der Waals surface area contributed by atoms with Crippen molar-refractivity contribution < 1.29 is 8.42 Å². The van der Waals surface area contributed by atoms with Crippen molar-refractivity contribution in [3.63, 3.8) is 0 Å². The van der Waals surface area contributed by atoms with Crippen LogP contribution in [0, 0.1) is 11.8 Å². The van der Waals surface area contributed by atoms with Gasteiger partial charge in [-0.1, -0.05) is 27.2 Å². The van der Waals surface area contributed by atoms with Crippen molar-refractivity contribution in [3.8, 4) is 0 Å². The molecule has 1 fully saturated rings. The van der Waals surface area contributed by atoms with Gasteiger partial charge in [-0.3, -0.25) is 0 Å². The van der Waals surface area contributed by atoms with E-state index in [-0.39, 0.29) is 0 Å². The van der Waals surface area contributed by atoms with Crippen LogP contribution in [0.4, 0.5) is 0 Å². The topological polar surface area (TPSA) is 49.4 Å². The summed E-state index contributed by atoms with van der Waals surface area (Å²) in [5.74, 6) is 1.21. The van der Waals surface area contributed by atoms with Crippen LogP contribution in [0.15, 0.2) is 0 Å². The molecule has 0 bridgehead atoms. The van der Waals surface area contributed by atoms with Gasteiger partial charge >= 0.3 is 0 Å². The monoisotopic (exact) mass is 304 g/mol. The Balaban J connectivity index is 2.34. The number of nitrogens with one attached hydrogen (secondary N) is 1. The fraction of sp³-hybridized carbons (Fsp3) is 1.00. The molecule has 0 spiro atoms. The number of hydrogen-bond donors (Lipinski definition) is 1. The van der Waals surface area contributed by atoms with Gasteiger partial charge in [-0.2, -0.15) is 0 Å². The molecule has 2 atom stereocenters. The molecular weight excluding hydrogens is 272 g/mol. The van der Waals surface area contributed by atoms with Crippen molar-refractivity contribution in [3.05, 3.63) is 0 Å². The Kier molecular flexibility index (Phi) is 7.48. The van der Waals surface area contributed by atoms with Crippen molar-refractivity contribution in [2.75, 3.05) is 25.9 Å². The first-order valence-corrected chi connectivity index (χ1v) is 9.88. The molecule has 0 saturated carbocycles. The third-order valence-electron chi connectivity index (χ3n) is 4.35. The molecule has 0 aliphatic carbocycles. The molecular formula is C15H32N2O2S. The normalized spacial score (nSPS) is 23.1. The Hall–Kier alpha value is -0.130. The maximum atomic E-state index is 11.6. The molecule has 0 aromatic rings. The van der Waals surface area contributed by atoms with E-state index in [1.54, 1.807) is 4.31 Å².